The zero-order valence-corrected chi connectivity index (χ0v) is 11.7. The average molecular weight is 280 g/mol. The fourth-order valence-corrected chi connectivity index (χ4v) is 2.50. The molecule has 6 heteroatoms. The number of benzene rings is 1. The number of likely N-dealkylation sites (N-methyl/N-ethyl adjacent to an activating group) is 1. The van der Waals surface area contributed by atoms with E-state index >= 15 is 0 Å². The van der Waals surface area contributed by atoms with Crippen molar-refractivity contribution in [2.45, 2.75) is 24.5 Å². The number of hydrogen-bond acceptors (Lipinski definition) is 5. The van der Waals surface area contributed by atoms with E-state index < -0.39 is 11.4 Å². The van der Waals surface area contributed by atoms with Crippen LogP contribution in [-0.4, -0.2) is 37.4 Å². The molecule has 0 bridgehead atoms. The topological polar surface area (TPSA) is 79.8 Å². The van der Waals surface area contributed by atoms with Gasteiger partial charge in [-0.1, -0.05) is 12.1 Å². The zero-order valence-electron chi connectivity index (χ0n) is 11.7. The molecule has 3 N–H and O–H groups in total. The van der Waals surface area contributed by atoms with Gasteiger partial charge in [-0.2, -0.15) is 0 Å². The highest BCUT2D eigenvalue weighted by molar-refractivity contribution is 5.76. The number of nitrogens with one attached hydrogen (secondary N) is 2. The Morgan fingerprint density at radius 2 is 2.20 bits per heavy atom. The summed E-state index contributed by atoms with van der Waals surface area (Å²) >= 11 is 0. The Labute approximate surface area is 118 Å². The Morgan fingerprint density at radius 3 is 2.75 bits per heavy atom. The minimum absolute atomic E-state index is 0.0696. The van der Waals surface area contributed by atoms with Gasteiger partial charge < -0.3 is 14.8 Å². The lowest BCUT2D eigenvalue weighted by Crippen LogP contribution is -2.47. The molecule has 110 valence electrons. The first kappa shape index (κ1) is 14.8. The zero-order chi connectivity index (χ0) is 14.6. The summed E-state index contributed by atoms with van der Waals surface area (Å²) in [6, 6.07) is 7.69. The largest absolute Gasteiger partial charge is 0.497 e. The van der Waals surface area contributed by atoms with Crippen molar-refractivity contribution in [1.29, 1.82) is 0 Å². The molecule has 2 atom stereocenters. The van der Waals surface area contributed by atoms with E-state index in [2.05, 4.69) is 5.32 Å². The molecule has 2 unspecified atom stereocenters. The van der Waals surface area contributed by atoms with Crippen molar-refractivity contribution in [1.82, 2.24) is 10.8 Å². The van der Waals surface area contributed by atoms with Gasteiger partial charge in [0.25, 0.3) is 0 Å². The summed E-state index contributed by atoms with van der Waals surface area (Å²) in [6.07, 6.45) is 0.774. The summed E-state index contributed by atoms with van der Waals surface area (Å²) in [6.45, 7) is 0.424. The minimum atomic E-state index is -0.447. The number of carbonyl (C=O) groups excluding carboxylic acids is 1. The van der Waals surface area contributed by atoms with Crippen LogP contribution in [0.1, 0.15) is 24.5 Å². The second-order valence-corrected chi connectivity index (χ2v) is 5.02. The van der Waals surface area contributed by atoms with E-state index in [1.165, 1.54) is 0 Å². The van der Waals surface area contributed by atoms with E-state index in [0.29, 0.717) is 13.0 Å². The van der Waals surface area contributed by atoms with E-state index in [-0.39, 0.29) is 12.5 Å². The van der Waals surface area contributed by atoms with Gasteiger partial charge >= 0.3 is 0 Å². The van der Waals surface area contributed by atoms with Crippen LogP contribution < -0.4 is 15.5 Å². The van der Waals surface area contributed by atoms with E-state index in [1.807, 2.05) is 24.3 Å². The SMILES string of the molecule is CNC1(CC(=O)NO)COC(c2ccc(OC)cc2)C1. The van der Waals surface area contributed by atoms with E-state index in [0.717, 1.165) is 11.3 Å². The average Bonchev–Trinajstić information content (AvgIpc) is 2.92. The maximum Gasteiger partial charge on any atom is 0.245 e. The van der Waals surface area contributed by atoms with Crippen LogP contribution in [0.15, 0.2) is 24.3 Å². The van der Waals surface area contributed by atoms with Gasteiger partial charge in [-0.3, -0.25) is 10.0 Å². The van der Waals surface area contributed by atoms with Gasteiger partial charge in [0.2, 0.25) is 5.91 Å². The van der Waals surface area contributed by atoms with Crippen LogP contribution >= 0.6 is 0 Å². The van der Waals surface area contributed by atoms with Gasteiger partial charge in [-0.15, -0.1) is 0 Å². The number of ether oxygens (including phenoxy) is 2. The molecule has 1 amide bonds. The summed E-state index contributed by atoms with van der Waals surface area (Å²) in [5.74, 6) is 0.379. The maximum absolute atomic E-state index is 11.4. The predicted octanol–water partition coefficient (Wildman–Crippen LogP) is 1.01. The Kier molecular flexibility index (Phi) is 4.59. The van der Waals surface area contributed by atoms with Crippen molar-refractivity contribution in [3.8, 4) is 5.75 Å². The van der Waals surface area contributed by atoms with E-state index in [4.69, 9.17) is 14.7 Å². The summed E-state index contributed by atoms with van der Waals surface area (Å²) < 4.78 is 10.9. The quantitative estimate of drug-likeness (QED) is 0.554. The summed E-state index contributed by atoms with van der Waals surface area (Å²) in [5, 5.41) is 11.8. The van der Waals surface area contributed by atoms with Crippen molar-refractivity contribution >= 4 is 5.91 Å². The predicted molar refractivity (Wildman–Crippen MR) is 72.6 cm³/mol. The number of methoxy groups -OCH3 is 1. The highest BCUT2D eigenvalue weighted by Gasteiger charge is 2.41. The highest BCUT2D eigenvalue weighted by Crippen LogP contribution is 2.37. The van der Waals surface area contributed by atoms with Crippen LogP contribution in [0, 0.1) is 0 Å². The van der Waals surface area contributed by atoms with Gasteiger partial charge in [-0.25, -0.2) is 5.48 Å². The first-order chi connectivity index (χ1) is 9.62. The van der Waals surface area contributed by atoms with Crippen LogP contribution in [0.5, 0.6) is 5.75 Å². The number of carbonyl (C=O) groups is 1. The second-order valence-electron chi connectivity index (χ2n) is 5.02. The molecule has 6 nitrogen and oxygen atoms in total. The standard InChI is InChI=1S/C14H20N2O4/c1-15-14(8-13(17)16-18)7-12(20-9-14)10-3-5-11(19-2)6-4-10/h3-6,12,15,18H,7-9H2,1-2H3,(H,16,17). The molecule has 0 saturated carbocycles. The van der Waals surface area contributed by atoms with Gasteiger partial charge in [0.15, 0.2) is 0 Å². The van der Waals surface area contributed by atoms with Crippen molar-refractivity contribution in [3.05, 3.63) is 29.8 Å². The molecule has 1 aromatic carbocycles. The minimum Gasteiger partial charge on any atom is -0.497 e. The van der Waals surface area contributed by atoms with Crippen molar-refractivity contribution in [2.24, 2.45) is 0 Å². The normalized spacial score (nSPS) is 25.4. The molecule has 1 saturated heterocycles. The molecule has 0 radical (unpaired) electrons. The highest BCUT2D eigenvalue weighted by atomic mass is 16.5. The molecular weight excluding hydrogens is 260 g/mol. The lowest BCUT2D eigenvalue weighted by atomic mass is 9.90. The molecule has 0 spiro atoms. The van der Waals surface area contributed by atoms with Gasteiger partial charge in [-0.05, 0) is 31.2 Å². The lowest BCUT2D eigenvalue weighted by Gasteiger charge is -2.25. The molecule has 2 rings (SSSR count). The summed E-state index contributed by atoms with van der Waals surface area (Å²) in [4.78, 5) is 11.4. The fraction of sp³-hybridized carbons (Fsp3) is 0.500. The summed E-state index contributed by atoms with van der Waals surface area (Å²) in [7, 11) is 3.42. The molecule has 1 aliphatic rings. The molecule has 1 heterocycles. The van der Waals surface area contributed by atoms with Crippen molar-refractivity contribution in [2.75, 3.05) is 20.8 Å². The first-order valence-electron chi connectivity index (χ1n) is 6.50. The maximum atomic E-state index is 11.4. The Balaban J connectivity index is 2.07. The molecule has 0 aliphatic carbocycles. The molecule has 20 heavy (non-hydrogen) atoms. The molecule has 0 aromatic heterocycles. The fourth-order valence-electron chi connectivity index (χ4n) is 2.50. The number of hydroxylamine groups is 1. The Morgan fingerprint density at radius 1 is 1.50 bits per heavy atom. The Hall–Kier alpha value is -1.63. The van der Waals surface area contributed by atoms with E-state index in [1.54, 1.807) is 19.6 Å². The van der Waals surface area contributed by atoms with Crippen molar-refractivity contribution < 1.29 is 19.5 Å². The third kappa shape index (κ3) is 3.09. The van der Waals surface area contributed by atoms with Gasteiger partial charge in [0, 0.05) is 6.42 Å². The number of hydrogen-bond donors (Lipinski definition) is 3. The first-order valence-corrected chi connectivity index (χ1v) is 6.50. The molecular formula is C14H20N2O4. The van der Waals surface area contributed by atoms with Gasteiger partial charge in [0.1, 0.15) is 5.75 Å². The number of rotatable bonds is 5. The van der Waals surface area contributed by atoms with E-state index in [9.17, 15) is 4.79 Å². The Bertz CT molecular complexity index is 463. The molecule has 1 aliphatic heterocycles. The lowest BCUT2D eigenvalue weighted by molar-refractivity contribution is -0.130. The van der Waals surface area contributed by atoms with Gasteiger partial charge in [0.05, 0.1) is 25.4 Å². The third-order valence-electron chi connectivity index (χ3n) is 3.78. The van der Waals surface area contributed by atoms with Crippen LogP contribution in [0.2, 0.25) is 0 Å². The monoisotopic (exact) mass is 280 g/mol. The van der Waals surface area contributed by atoms with Crippen LogP contribution in [-0.2, 0) is 9.53 Å². The van der Waals surface area contributed by atoms with Crippen molar-refractivity contribution in [3.63, 3.8) is 0 Å². The van der Waals surface area contributed by atoms with Crippen LogP contribution in [0.4, 0.5) is 0 Å². The smallest absolute Gasteiger partial charge is 0.245 e. The molecule has 1 aromatic rings. The molecule has 1 fully saturated rings. The van der Waals surface area contributed by atoms with Crippen LogP contribution in [0.25, 0.3) is 0 Å². The second kappa shape index (κ2) is 6.21. The third-order valence-corrected chi connectivity index (χ3v) is 3.78. The summed E-state index contributed by atoms with van der Waals surface area (Å²) in [5.41, 5.74) is 2.27. The number of amides is 1. The van der Waals surface area contributed by atoms with Crippen LogP contribution in [0.3, 0.4) is 0 Å².